The van der Waals surface area contributed by atoms with Crippen LogP contribution in [0.4, 0.5) is 0 Å². The highest BCUT2D eigenvalue weighted by molar-refractivity contribution is 6.32. The van der Waals surface area contributed by atoms with Crippen molar-refractivity contribution in [1.29, 1.82) is 0 Å². The van der Waals surface area contributed by atoms with Gasteiger partial charge in [-0.2, -0.15) is 0 Å². The fourth-order valence-corrected chi connectivity index (χ4v) is 4.72. The number of aliphatic hydroxyl groups excluding tert-OH is 1. The lowest BCUT2D eigenvalue weighted by molar-refractivity contribution is -0.143. The minimum absolute atomic E-state index is 0.0913. The first-order valence-electron chi connectivity index (χ1n) is 9.93. The van der Waals surface area contributed by atoms with Crippen LogP contribution in [0.3, 0.4) is 0 Å². The van der Waals surface area contributed by atoms with Gasteiger partial charge in [0.05, 0.1) is 18.1 Å². The van der Waals surface area contributed by atoms with Gasteiger partial charge in [0, 0.05) is 44.7 Å². The summed E-state index contributed by atoms with van der Waals surface area (Å²) in [5, 5.41) is 9.93. The minimum Gasteiger partial charge on any atom is -0.394 e. The largest absolute Gasteiger partial charge is 0.394 e. The van der Waals surface area contributed by atoms with Crippen LogP contribution in [0, 0.1) is 0 Å². The first kappa shape index (κ1) is 21.7. The second-order valence-electron chi connectivity index (χ2n) is 7.68. The summed E-state index contributed by atoms with van der Waals surface area (Å²) in [5.74, 6) is -0.930. The van der Waals surface area contributed by atoms with Crippen LogP contribution in [-0.2, 0) is 24.5 Å². The molecule has 2 saturated heterocycles. The van der Waals surface area contributed by atoms with Gasteiger partial charge in [-0.15, -0.1) is 0 Å². The maximum Gasteiger partial charge on any atom is 0.240 e. The quantitative estimate of drug-likeness (QED) is 0.509. The van der Waals surface area contributed by atoms with E-state index >= 15 is 0 Å². The molecule has 0 aromatic heterocycles. The van der Waals surface area contributed by atoms with Gasteiger partial charge in [0.2, 0.25) is 17.7 Å². The molecule has 2 atom stereocenters. The number of imide groups is 1. The summed E-state index contributed by atoms with van der Waals surface area (Å²) in [4.78, 5) is 42.2. The normalized spacial score (nSPS) is 24.6. The summed E-state index contributed by atoms with van der Waals surface area (Å²) >= 11 is 6.41. The van der Waals surface area contributed by atoms with E-state index < -0.39 is 5.41 Å². The van der Waals surface area contributed by atoms with Crippen LogP contribution in [-0.4, -0.2) is 72.1 Å². The van der Waals surface area contributed by atoms with E-state index in [9.17, 15) is 19.5 Å². The van der Waals surface area contributed by atoms with Crippen molar-refractivity contribution in [1.82, 2.24) is 9.80 Å². The molecule has 1 aromatic carbocycles. The van der Waals surface area contributed by atoms with Gasteiger partial charge in [0.25, 0.3) is 0 Å². The van der Waals surface area contributed by atoms with Crippen molar-refractivity contribution in [2.75, 3.05) is 33.4 Å². The zero-order valence-electron chi connectivity index (χ0n) is 16.6. The van der Waals surface area contributed by atoms with Gasteiger partial charge in [-0.05, 0) is 30.9 Å². The van der Waals surface area contributed by atoms with Gasteiger partial charge in [0.15, 0.2) is 0 Å². The maximum absolute atomic E-state index is 13.5. The van der Waals surface area contributed by atoms with Gasteiger partial charge >= 0.3 is 0 Å². The number of halogens is 1. The molecule has 0 radical (unpaired) electrons. The molecule has 0 bridgehead atoms. The van der Waals surface area contributed by atoms with Crippen LogP contribution in [0.25, 0.3) is 0 Å². The third-order valence-electron chi connectivity index (χ3n) is 5.89. The Morgan fingerprint density at radius 3 is 2.79 bits per heavy atom. The van der Waals surface area contributed by atoms with Crippen molar-refractivity contribution < 1.29 is 24.2 Å². The van der Waals surface area contributed by atoms with Crippen molar-refractivity contribution >= 4 is 29.3 Å². The zero-order valence-corrected chi connectivity index (χ0v) is 17.4. The topological polar surface area (TPSA) is 87.2 Å². The summed E-state index contributed by atoms with van der Waals surface area (Å²) in [6, 6.07) is 6.65. The molecule has 0 unspecified atom stereocenters. The van der Waals surface area contributed by atoms with Crippen LogP contribution in [0.2, 0.25) is 5.02 Å². The highest BCUT2D eigenvalue weighted by Crippen LogP contribution is 2.43. The lowest BCUT2D eigenvalue weighted by atomic mass is 9.75. The summed E-state index contributed by atoms with van der Waals surface area (Å²) in [6.45, 7) is 1.11. The Morgan fingerprint density at radius 2 is 2.10 bits per heavy atom. The van der Waals surface area contributed by atoms with Crippen molar-refractivity contribution in [2.24, 2.45) is 0 Å². The van der Waals surface area contributed by atoms with Gasteiger partial charge in [-0.25, -0.2) is 0 Å². The van der Waals surface area contributed by atoms with E-state index in [0.29, 0.717) is 30.2 Å². The summed E-state index contributed by atoms with van der Waals surface area (Å²) in [6.07, 6.45) is 1.84. The van der Waals surface area contributed by atoms with Crippen LogP contribution >= 0.6 is 11.6 Å². The smallest absolute Gasteiger partial charge is 0.240 e. The van der Waals surface area contributed by atoms with E-state index in [4.69, 9.17) is 16.3 Å². The number of aliphatic hydroxyl groups is 1. The van der Waals surface area contributed by atoms with Crippen LogP contribution in [0.1, 0.15) is 37.7 Å². The number of ether oxygens (including phenoxy) is 1. The Hall–Kier alpha value is -1.96. The molecular weight excluding hydrogens is 396 g/mol. The molecule has 158 valence electrons. The number of hydrogen-bond acceptors (Lipinski definition) is 5. The molecule has 0 spiro atoms. The lowest BCUT2D eigenvalue weighted by Crippen LogP contribution is -2.45. The number of benzene rings is 1. The molecule has 2 heterocycles. The fraction of sp³-hybridized carbons (Fsp3) is 0.571. The average molecular weight is 423 g/mol. The second-order valence-corrected chi connectivity index (χ2v) is 8.09. The summed E-state index contributed by atoms with van der Waals surface area (Å²) in [5.41, 5.74) is -0.815. The number of likely N-dealkylation sites (tertiary alicyclic amines) is 2. The van der Waals surface area contributed by atoms with E-state index in [1.807, 2.05) is 0 Å². The Bertz CT molecular complexity index is 786. The average Bonchev–Trinajstić information content (AvgIpc) is 3.27. The Kier molecular flexibility index (Phi) is 6.93. The molecule has 7 nitrogen and oxygen atoms in total. The van der Waals surface area contributed by atoms with E-state index in [2.05, 4.69) is 0 Å². The summed E-state index contributed by atoms with van der Waals surface area (Å²) < 4.78 is 5.03. The fourth-order valence-electron chi connectivity index (χ4n) is 4.40. The SMILES string of the molecule is COCCCN1C(=O)C[C@](CC(=O)N2CCC[C@H]2CO)(c2ccccc2Cl)C1=O. The number of amides is 3. The standard InChI is InChI=1S/C21H27ClN2O5/c1-29-11-5-10-24-19(27)13-21(20(24)28,16-7-2-3-8-17(16)22)12-18(26)23-9-4-6-15(23)14-25/h2-3,7-8,15,25H,4-6,9-14H2,1H3/t15-,21+/m0/s1. The van der Waals surface area contributed by atoms with Gasteiger partial charge < -0.3 is 14.7 Å². The van der Waals surface area contributed by atoms with Crippen LogP contribution in [0.15, 0.2) is 24.3 Å². The molecule has 3 amide bonds. The Labute approximate surface area is 175 Å². The van der Waals surface area contributed by atoms with Crippen molar-refractivity contribution in [3.63, 3.8) is 0 Å². The highest BCUT2D eigenvalue weighted by Gasteiger charge is 2.55. The predicted octanol–water partition coefficient (Wildman–Crippen LogP) is 1.75. The number of rotatable bonds is 8. The number of hydrogen-bond donors (Lipinski definition) is 1. The number of methoxy groups -OCH3 is 1. The second kappa shape index (κ2) is 9.24. The minimum atomic E-state index is -1.32. The van der Waals surface area contributed by atoms with Crippen LogP contribution < -0.4 is 0 Å². The van der Waals surface area contributed by atoms with Gasteiger partial charge in [-0.3, -0.25) is 19.3 Å². The predicted molar refractivity (Wildman–Crippen MR) is 107 cm³/mol. The molecule has 2 fully saturated rings. The van der Waals surface area contributed by atoms with Crippen molar-refractivity contribution in [2.45, 2.75) is 43.6 Å². The molecule has 0 saturated carbocycles. The van der Waals surface area contributed by atoms with E-state index in [-0.39, 0.29) is 49.8 Å². The molecule has 29 heavy (non-hydrogen) atoms. The molecule has 0 aliphatic carbocycles. The summed E-state index contributed by atoms with van der Waals surface area (Å²) in [7, 11) is 1.56. The lowest BCUT2D eigenvalue weighted by Gasteiger charge is -2.31. The number of nitrogens with zero attached hydrogens (tertiary/aromatic N) is 2. The van der Waals surface area contributed by atoms with Crippen LogP contribution in [0.5, 0.6) is 0 Å². The van der Waals surface area contributed by atoms with E-state index in [1.165, 1.54) is 4.90 Å². The maximum atomic E-state index is 13.5. The Morgan fingerprint density at radius 1 is 1.34 bits per heavy atom. The van der Waals surface area contributed by atoms with Gasteiger partial charge in [0.1, 0.15) is 0 Å². The monoisotopic (exact) mass is 422 g/mol. The molecule has 3 rings (SSSR count). The molecule has 2 aliphatic heterocycles. The zero-order chi connectivity index (χ0) is 21.0. The molecule has 2 aliphatic rings. The number of carbonyl (C=O) groups excluding carboxylic acids is 3. The third-order valence-corrected chi connectivity index (χ3v) is 6.22. The first-order valence-corrected chi connectivity index (χ1v) is 10.3. The molecule has 8 heteroatoms. The first-order chi connectivity index (χ1) is 13.9. The van der Waals surface area contributed by atoms with Gasteiger partial charge in [-0.1, -0.05) is 29.8 Å². The number of carbonyl (C=O) groups is 3. The van der Waals surface area contributed by atoms with Crippen molar-refractivity contribution in [3.8, 4) is 0 Å². The Balaban J connectivity index is 1.94. The third kappa shape index (κ3) is 4.17. The van der Waals surface area contributed by atoms with E-state index in [1.54, 1.807) is 36.3 Å². The van der Waals surface area contributed by atoms with Crippen molar-refractivity contribution in [3.05, 3.63) is 34.9 Å². The molecular formula is C21H27ClN2O5. The highest BCUT2D eigenvalue weighted by atomic mass is 35.5. The van der Waals surface area contributed by atoms with E-state index in [0.717, 1.165) is 12.8 Å². The molecule has 1 N–H and O–H groups in total. The molecule has 1 aromatic rings.